The van der Waals surface area contributed by atoms with Gasteiger partial charge in [0, 0.05) is 19.1 Å². The van der Waals surface area contributed by atoms with Crippen LogP contribution in [0.4, 0.5) is 0 Å². The number of hydrogen-bond donors (Lipinski definition) is 1. The molecule has 1 aromatic heterocycles. The summed E-state index contributed by atoms with van der Waals surface area (Å²) in [5.74, 6) is -0.221. The Bertz CT molecular complexity index is 440. The molecule has 2 rings (SSSR count). The topological polar surface area (TPSA) is 62.6 Å². The Morgan fingerprint density at radius 1 is 1.37 bits per heavy atom. The third-order valence-corrected chi connectivity index (χ3v) is 3.45. The number of alkyl halides is 2. The van der Waals surface area contributed by atoms with E-state index in [0.29, 0.717) is 31.7 Å². The lowest BCUT2D eigenvalue weighted by Gasteiger charge is -2.32. The molecule has 0 unspecified atom stereocenters. The second kappa shape index (κ2) is 6.30. The van der Waals surface area contributed by atoms with Crippen molar-refractivity contribution in [3.63, 3.8) is 0 Å². The number of hydrogen-bond acceptors (Lipinski definition) is 3. The molecule has 0 bridgehead atoms. The van der Waals surface area contributed by atoms with E-state index < -0.39 is 4.84 Å². The fourth-order valence-corrected chi connectivity index (χ4v) is 2.32. The van der Waals surface area contributed by atoms with Crippen LogP contribution >= 0.6 is 23.2 Å². The molecule has 0 radical (unpaired) electrons. The number of furan rings is 1. The summed E-state index contributed by atoms with van der Waals surface area (Å²) in [7, 11) is 0. The van der Waals surface area contributed by atoms with Gasteiger partial charge < -0.3 is 14.6 Å². The lowest BCUT2D eigenvalue weighted by atomic mass is 10.0. The van der Waals surface area contributed by atoms with Crippen molar-refractivity contribution in [1.82, 2.24) is 10.2 Å². The first-order valence-electron chi connectivity index (χ1n) is 5.99. The second-order valence-electron chi connectivity index (χ2n) is 4.35. The molecule has 19 heavy (non-hydrogen) atoms. The predicted molar refractivity (Wildman–Crippen MR) is 71.3 cm³/mol. The van der Waals surface area contributed by atoms with E-state index in [9.17, 15) is 9.59 Å². The fourth-order valence-electron chi connectivity index (χ4n) is 2.05. The fraction of sp³-hybridized carbons (Fsp3) is 0.500. The molecular formula is C12H14Cl2N2O3. The number of rotatable bonds is 3. The van der Waals surface area contributed by atoms with Crippen LogP contribution in [-0.2, 0) is 4.79 Å². The smallest absolute Gasteiger partial charge is 0.287 e. The van der Waals surface area contributed by atoms with E-state index in [1.54, 1.807) is 17.0 Å². The molecule has 2 amide bonds. The SMILES string of the molecule is O=C(NC1CCN(C(=O)C(Cl)Cl)CC1)c1ccco1. The van der Waals surface area contributed by atoms with Gasteiger partial charge in [-0.1, -0.05) is 23.2 Å². The van der Waals surface area contributed by atoms with E-state index in [2.05, 4.69) is 5.32 Å². The van der Waals surface area contributed by atoms with Crippen LogP contribution < -0.4 is 5.32 Å². The molecule has 1 aromatic rings. The lowest BCUT2D eigenvalue weighted by molar-refractivity contribution is -0.130. The van der Waals surface area contributed by atoms with Gasteiger partial charge in [-0.2, -0.15) is 0 Å². The maximum Gasteiger partial charge on any atom is 0.287 e. The Morgan fingerprint density at radius 3 is 2.58 bits per heavy atom. The highest BCUT2D eigenvalue weighted by Crippen LogP contribution is 2.15. The van der Waals surface area contributed by atoms with Crippen LogP contribution in [-0.4, -0.2) is 40.7 Å². The third kappa shape index (κ3) is 3.64. The van der Waals surface area contributed by atoms with Crippen LogP contribution in [0.25, 0.3) is 0 Å². The molecule has 5 nitrogen and oxygen atoms in total. The molecule has 0 atom stereocenters. The van der Waals surface area contributed by atoms with Gasteiger partial charge in [0.2, 0.25) is 0 Å². The molecule has 104 valence electrons. The van der Waals surface area contributed by atoms with Crippen LogP contribution in [0.2, 0.25) is 0 Å². The normalized spacial score (nSPS) is 16.7. The summed E-state index contributed by atoms with van der Waals surface area (Å²) >= 11 is 11.1. The van der Waals surface area contributed by atoms with Crippen LogP contribution in [0.3, 0.4) is 0 Å². The Kier molecular flexibility index (Phi) is 4.71. The van der Waals surface area contributed by atoms with E-state index >= 15 is 0 Å². The molecule has 0 aliphatic carbocycles. The number of amides is 2. The van der Waals surface area contributed by atoms with E-state index in [4.69, 9.17) is 27.6 Å². The molecule has 2 heterocycles. The summed E-state index contributed by atoms with van der Waals surface area (Å²) in [5, 5.41) is 2.87. The van der Waals surface area contributed by atoms with Crippen molar-refractivity contribution in [2.45, 2.75) is 23.7 Å². The number of piperidine rings is 1. The molecule has 1 aliphatic rings. The predicted octanol–water partition coefficient (Wildman–Crippen LogP) is 1.80. The summed E-state index contributed by atoms with van der Waals surface area (Å²) < 4.78 is 5.02. The summed E-state index contributed by atoms with van der Waals surface area (Å²) in [6.07, 6.45) is 2.81. The van der Waals surface area contributed by atoms with Gasteiger partial charge in [0.1, 0.15) is 0 Å². The van der Waals surface area contributed by atoms with Crippen molar-refractivity contribution in [2.75, 3.05) is 13.1 Å². The summed E-state index contributed by atoms with van der Waals surface area (Å²) in [6, 6.07) is 3.31. The molecule has 1 N–H and O–H groups in total. The molecule has 1 fully saturated rings. The van der Waals surface area contributed by atoms with E-state index in [-0.39, 0.29) is 17.9 Å². The molecular weight excluding hydrogens is 291 g/mol. The van der Waals surface area contributed by atoms with E-state index in [0.717, 1.165) is 0 Å². The maximum absolute atomic E-state index is 11.8. The number of nitrogens with one attached hydrogen (secondary N) is 1. The van der Waals surface area contributed by atoms with Gasteiger partial charge in [0.15, 0.2) is 10.6 Å². The van der Waals surface area contributed by atoms with E-state index in [1.165, 1.54) is 6.26 Å². The average Bonchev–Trinajstić information content (AvgIpc) is 2.92. The number of halogens is 2. The van der Waals surface area contributed by atoms with Gasteiger partial charge in [-0.15, -0.1) is 0 Å². The molecule has 1 saturated heterocycles. The number of carbonyl (C=O) groups is 2. The van der Waals surface area contributed by atoms with Crippen molar-refractivity contribution in [3.05, 3.63) is 24.2 Å². The van der Waals surface area contributed by atoms with Gasteiger partial charge >= 0.3 is 0 Å². The Labute approximate surface area is 120 Å². The highest BCUT2D eigenvalue weighted by Gasteiger charge is 2.27. The minimum absolute atomic E-state index is 0.0331. The highest BCUT2D eigenvalue weighted by molar-refractivity contribution is 6.53. The summed E-state index contributed by atoms with van der Waals surface area (Å²) in [6.45, 7) is 1.08. The van der Waals surface area contributed by atoms with Crippen LogP contribution in [0.1, 0.15) is 23.4 Å². The zero-order chi connectivity index (χ0) is 13.8. The zero-order valence-corrected chi connectivity index (χ0v) is 11.7. The molecule has 0 aromatic carbocycles. The quantitative estimate of drug-likeness (QED) is 0.866. The van der Waals surface area contributed by atoms with Gasteiger partial charge in [-0.3, -0.25) is 9.59 Å². The summed E-state index contributed by atoms with van der Waals surface area (Å²) in [4.78, 5) is 23.9. The van der Waals surface area contributed by atoms with Crippen molar-refractivity contribution in [2.24, 2.45) is 0 Å². The minimum atomic E-state index is -1.02. The first kappa shape index (κ1) is 14.2. The van der Waals surface area contributed by atoms with Crippen molar-refractivity contribution in [3.8, 4) is 0 Å². The molecule has 0 saturated carbocycles. The van der Waals surface area contributed by atoms with Crippen LogP contribution in [0.5, 0.6) is 0 Å². The van der Waals surface area contributed by atoms with Gasteiger partial charge in [0.05, 0.1) is 6.26 Å². The number of likely N-dealkylation sites (tertiary alicyclic amines) is 1. The number of carbonyl (C=O) groups excluding carboxylic acids is 2. The standard InChI is InChI=1S/C12H14Cl2N2O3/c13-10(14)12(18)16-5-3-8(4-6-16)15-11(17)9-2-1-7-19-9/h1-2,7-8,10H,3-6H2,(H,15,17). The lowest BCUT2D eigenvalue weighted by Crippen LogP contribution is -2.47. The van der Waals surface area contributed by atoms with Crippen molar-refractivity contribution in [1.29, 1.82) is 0 Å². The van der Waals surface area contributed by atoms with Crippen LogP contribution in [0, 0.1) is 0 Å². The largest absolute Gasteiger partial charge is 0.459 e. The van der Waals surface area contributed by atoms with Crippen molar-refractivity contribution >= 4 is 35.0 Å². The first-order chi connectivity index (χ1) is 9.08. The maximum atomic E-state index is 11.8. The van der Waals surface area contributed by atoms with Gasteiger partial charge in [-0.05, 0) is 25.0 Å². The molecule has 0 spiro atoms. The average molecular weight is 305 g/mol. The second-order valence-corrected chi connectivity index (χ2v) is 5.45. The third-order valence-electron chi connectivity index (χ3n) is 3.07. The number of nitrogens with zero attached hydrogens (tertiary/aromatic N) is 1. The van der Waals surface area contributed by atoms with Crippen LogP contribution in [0.15, 0.2) is 22.8 Å². The molecule has 7 heteroatoms. The molecule has 1 aliphatic heterocycles. The van der Waals surface area contributed by atoms with Crippen molar-refractivity contribution < 1.29 is 14.0 Å². The summed E-state index contributed by atoms with van der Waals surface area (Å²) in [5.41, 5.74) is 0. The Hall–Kier alpha value is -1.20. The zero-order valence-electron chi connectivity index (χ0n) is 10.1. The minimum Gasteiger partial charge on any atom is -0.459 e. The Morgan fingerprint density at radius 2 is 2.05 bits per heavy atom. The van der Waals surface area contributed by atoms with Gasteiger partial charge in [-0.25, -0.2) is 0 Å². The highest BCUT2D eigenvalue weighted by atomic mass is 35.5. The first-order valence-corrected chi connectivity index (χ1v) is 6.86. The Balaban J connectivity index is 1.81. The van der Waals surface area contributed by atoms with E-state index in [1.807, 2.05) is 0 Å². The monoisotopic (exact) mass is 304 g/mol. The van der Waals surface area contributed by atoms with Gasteiger partial charge in [0.25, 0.3) is 11.8 Å².